The first kappa shape index (κ1) is 21.4. The van der Waals surface area contributed by atoms with Crippen molar-refractivity contribution in [1.29, 1.82) is 0 Å². The van der Waals surface area contributed by atoms with E-state index in [-0.39, 0.29) is 30.6 Å². The number of hydrogen-bond acceptors (Lipinski definition) is 5. The first-order valence-electron chi connectivity index (χ1n) is 9.89. The van der Waals surface area contributed by atoms with Gasteiger partial charge in [-0.3, -0.25) is 9.69 Å². The predicted octanol–water partition coefficient (Wildman–Crippen LogP) is 1.56. The summed E-state index contributed by atoms with van der Waals surface area (Å²) >= 11 is 0. The van der Waals surface area contributed by atoms with Gasteiger partial charge in [-0.05, 0) is 36.8 Å². The van der Waals surface area contributed by atoms with E-state index in [1.807, 2.05) is 23.1 Å². The van der Waals surface area contributed by atoms with E-state index in [2.05, 4.69) is 5.32 Å². The summed E-state index contributed by atoms with van der Waals surface area (Å²) in [4.78, 5) is 28.6. The molecular formula is C21H23FN4O4S. The second kappa shape index (κ2) is 8.03. The van der Waals surface area contributed by atoms with Gasteiger partial charge in [0.1, 0.15) is 11.4 Å². The fourth-order valence-electron chi connectivity index (χ4n) is 3.86. The summed E-state index contributed by atoms with van der Waals surface area (Å²) < 4.78 is 39.9. The standard InChI is InChI=1S/C21H23FN4O4S/c1-21(16-5-3-2-4-6-16)19(27)26(20(28)23-21)15-24-11-13-25(14-12-24)31(29,30)18-9-7-17(22)8-10-18/h2-10H,11-15H2,1H3,(H,23,28)/t21-/m0/s1. The molecule has 10 heteroatoms. The highest BCUT2D eigenvalue weighted by molar-refractivity contribution is 7.89. The molecule has 0 bridgehead atoms. The molecule has 0 aromatic heterocycles. The maximum Gasteiger partial charge on any atom is 0.326 e. The second-order valence-electron chi connectivity index (χ2n) is 7.77. The third kappa shape index (κ3) is 3.93. The van der Waals surface area contributed by atoms with Crippen LogP contribution < -0.4 is 5.32 Å². The van der Waals surface area contributed by atoms with E-state index in [0.29, 0.717) is 18.7 Å². The molecule has 0 saturated carbocycles. The molecule has 2 aromatic carbocycles. The van der Waals surface area contributed by atoms with Gasteiger partial charge in [0.15, 0.2) is 0 Å². The van der Waals surface area contributed by atoms with Crippen molar-refractivity contribution in [3.63, 3.8) is 0 Å². The average Bonchev–Trinajstić information content (AvgIpc) is 2.99. The van der Waals surface area contributed by atoms with Crippen molar-refractivity contribution < 1.29 is 22.4 Å². The van der Waals surface area contributed by atoms with E-state index in [0.717, 1.165) is 17.0 Å². The van der Waals surface area contributed by atoms with Gasteiger partial charge in [0.05, 0.1) is 11.6 Å². The van der Waals surface area contributed by atoms with Crippen LogP contribution in [0.5, 0.6) is 0 Å². The Hall–Kier alpha value is -2.82. The van der Waals surface area contributed by atoms with Crippen molar-refractivity contribution >= 4 is 22.0 Å². The third-order valence-electron chi connectivity index (χ3n) is 5.75. The van der Waals surface area contributed by atoms with Crippen LogP contribution in [0.25, 0.3) is 0 Å². The van der Waals surface area contributed by atoms with Gasteiger partial charge in [0, 0.05) is 26.2 Å². The number of carbonyl (C=O) groups is 2. The minimum atomic E-state index is -3.73. The fourth-order valence-corrected chi connectivity index (χ4v) is 5.28. The third-order valence-corrected chi connectivity index (χ3v) is 7.66. The van der Waals surface area contributed by atoms with Gasteiger partial charge in [0.25, 0.3) is 5.91 Å². The fraction of sp³-hybridized carbons (Fsp3) is 0.333. The zero-order valence-electron chi connectivity index (χ0n) is 17.0. The number of rotatable bonds is 5. The number of nitrogens with one attached hydrogen (secondary N) is 1. The van der Waals surface area contributed by atoms with Crippen LogP contribution in [-0.2, 0) is 20.4 Å². The van der Waals surface area contributed by atoms with E-state index >= 15 is 0 Å². The molecular weight excluding hydrogens is 423 g/mol. The van der Waals surface area contributed by atoms with Crippen molar-refractivity contribution in [2.24, 2.45) is 0 Å². The Morgan fingerprint density at radius 2 is 1.58 bits per heavy atom. The molecule has 2 fully saturated rings. The summed E-state index contributed by atoms with van der Waals surface area (Å²) in [5.74, 6) is -0.843. The first-order valence-corrected chi connectivity index (χ1v) is 11.3. The molecule has 2 heterocycles. The topological polar surface area (TPSA) is 90.0 Å². The molecule has 164 valence electrons. The Labute approximate surface area is 180 Å². The number of nitrogens with zero attached hydrogens (tertiary/aromatic N) is 3. The smallest absolute Gasteiger partial charge is 0.319 e. The van der Waals surface area contributed by atoms with E-state index in [9.17, 15) is 22.4 Å². The molecule has 2 saturated heterocycles. The van der Waals surface area contributed by atoms with Crippen molar-refractivity contribution in [2.45, 2.75) is 17.4 Å². The number of urea groups is 1. The largest absolute Gasteiger partial charge is 0.326 e. The molecule has 2 aromatic rings. The van der Waals surface area contributed by atoms with E-state index in [1.54, 1.807) is 19.1 Å². The maximum absolute atomic E-state index is 13.1. The number of imide groups is 1. The summed E-state index contributed by atoms with van der Waals surface area (Å²) in [5.41, 5.74) is -0.433. The van der Waals surface area contributed by atoms with Gasteiger partial charge >= 0.3 is 6.03 Å². The molecule has 0 spiro atoms. The summed E-state index contributed by atoms with van der Waals surface area (Å²) in [7, 11) is -3.73. The van der Waals surface area contributed by atoms with Crippen LogP contribution in [0.4, 0.5) is 9.18 Å². The van der Waals surface area contributed by atoms with Crippen LogP contribution in [-0.4, -0.2) is 67.3 Å². The minimum absolute atomic E-state index is 0.0371. The highest BCUT2D eigenvalue weighted by Gasteiger charge is 2.49. The molecule has 2 aliphatic rings. The maximum atomic E-state index is 13.1. The molecule has 31 heavy (non-hydrogen) atoms. The van der Waals surface area contributed by atoms with Gasteiger partial charge < -0.3 is 5.32 Å². The molecule has 2 aliphatic heterocycles. The summed E-state index contributed by atoms with van der Waals surface area (Å²) in [6.45, 7) is 2.89. The zero-order chi connectivity index (χ0) is 22.2. The number of carbonyl (C=O) groups excluding carboxylic acids is 2. The molecule has 4 rings (SSSR count). The quantitative estimate of drug-likeness (QED) is 0.704. The first-order chi connectivity index (χ1) is 14.7. The Morgan fingerprint density at radius 1 is 0.968 bits per heavy atom. The highest BCUT2D eigenvalue weighted by Crippen LogP contribution is 2.29. The van der Waals surface area contributed by atoms with Gasteiger partial charge in [-0.1, -0.05) is 30.3 Å². The number of halogens is 1. The molecule has 3 amide bonds. The lowest BCUT2D eigenvalue weighted by molar-refractivity contribution is -0.132. The van der Waals surface area contributed by atoms with Gasteiger partial charge in [0.2, 0.25) is 10.0 Å². The number of hydrogen-bond donors (Lipinski definition) is 1. The monoisotopic (exact) mass is 446 g/mol. The van der Waals surface area contributed by atoms with Crippen LogP contribution in [0.1, 0.15) is 12.5 Å². The summed E-state index contributed by atoms with van der Waals surface area (Å²) in [6, 6.07) is 13.3. The van der Waals surface area contributed by atoms with Crippen LogP contribution in [0.2, 0.25) is 0 Å². The lowest BCUT2D eigenvalue weighted by atomic mass is 9.92. The van der Waals surface area contributed by atoms with Crippen LogP contribution in [0, 0.1) is 5.82 Å². The molecule has 8 nitrogen and oxygen atoms in total. The zero-order valence-corrected chi connectivity index (χ0v) is 17.8. The van der Waals surface area contributed by atoms with Crippen molar-refractivity contribution in [1.82, 2.24) is 19.4 Å². The van der Waals surface area contributed by atoms with Crippen molar-refractivity contribution in [3.05, 3.63) is 66.0 Å². The second-order valence-corrected chi connectivity index (χ2v) is 9.71. The van der Waals surface area contributed by atoms with Crippen LogP contribution >= 0.6 is 0 Å². The summed E-state index contributed by atoms with van der Waals surface area (Å²) in [5, 5.41) is 2.77. The molecule has 1 atom stereocenters. The Kier molecular flexibility index (Phi) is 5.54. The number of benzene rings is 2. The SMILES string of the molecule is C[C@@]1(c2ccccc2)NC(=O)N(CN2CCN(S(=O)(=O)c3ccc(F)cc3)CC2)C1=O. The number of piperazine rings is 1. The average molecular weight is 447 g/mol. The highest BCUT2D eigenvalue weighted by atomic mass is 32.2. The minimum Gasteiger partial charge on any atom is -0.319 e. The number of sulfonamides is 1. The molecule has 0 aliphatic carbocycles. The van der Waals surface area contributed by atoms with Gasteiger partial charge in [-0.25, -0.2) is 22.5 Å². The number of amides is 3. The van der Waals surface area contributed by atoms with E-state index < -0.39 is 27.4 Å². The van der Waals surface area contributed by atoms with Gasteiger partial charge in [-0.15, -0.1) is 0 Å². The van der Waals surface area contributed by atoms with E-state index in [1.165, 1.54) is 16.4 Å². The molecule has 1 N–H and O–H groups in total. The van der Waals surface area contributed by atoms with Crippen LogP contribution in [0.15, 0.2) is 59.5 Å². The van der Waals surface area contributed by atoms with Gasteiger partial charge in [-0.2, -0.15) is 4.31 Å². The van der Waals surface area contributed by atoms with Crippen molar-refractivity contribution in [3.8, 4) is 0 Å². The van der Waals surface area contributed by atoms with E-state index in [4.69, 9.17) is 0 Å². The Balaban J connectivity index is 1.40. The van der Waals surface area contributed by atoms with Crippen LogP contribution in [0.3, 0.4) is 0 Å². The Morgan fingerprint density at radius 3 is 2.19 bits per heavy atom. The predicted molar refractivity (Wildman–Crippen MR) is 111 cm³/mol. The van der Waals surface area contributed by atoms with Crippen molar-refractivity contribution in [2.75, 3.05) is 32.8 Å². The Bertz CT molecular complexity index is 1090. The normalized spacial score (nSPS) is 23.2. The lowest BCUT2D eigenvalue weighted by Gasteiger charge is -2.35. The molecule has 0 radical (unpaired) electrons. The molecule has 0 unspecified atom stereocenters. The summed E-state index contributed by atoms with van der Waals surface area (Å²) in [6.07, 6.45) is 0. The lowest BCUT2D eigenvalue weighted by Crippen LogP contribution is -2.52.